The number of nitrogens with one attached hydrogen (secondary N) is 1. The van der Waals surface area contributed by atoms with Crippen molar-refractivity contribution < 1.29 is 9.59 Å². The molecule has 3 N–H and O–H groups in total. The van der Waals surface area contributed by atoms with Crippen molar-refractivity contribution in [1.29, 1.82) is 0 Å². The van der Waals surface area contributed by atoms with Gasteiger partial charge in [0.25, 0.3) is 0 Å². The van der Waals surface area contributed by atoms with Crippen molar-refractivity contribution in [2.75, 3.05) is 18.0 Å². The summed E-state index contributed by atoms with van der Waals surface area (Å²) in [5.41, 5.74) is 6.17. The lowest BCUT2D eigenvalue weighted by Crippen LogP contribution is -2.53. The number of thiazole rings is 1. The van der Waals surface area contributed by atoms with Gasteiger partial charge < -0.3 is 11.1 Å². The van der Waals surface area contributed by atoms with Gasteiger partial charge in [-0.15, -0.1) is 36.2 Å². The first-order chi connectivity index (χ1) is 10.5. The molecule has 0 spiro atoms. The fourth-order valence-electron chi connectivity index (χ4n) is 2.62. The van der Waals surface area contributed by atoms with Crippen LogP contribution in [0.3, 0.4) is 0 Å². The van der Waals surface area contributed by atoms with Crippen molar-refractivity contribution in [2.24, 2.45) is 5.73 Å². The van der Waals surface area contributed by atoms with Crippen molar-refractivity contribution in [3.63, 3.8) is 0 Å². The quantitative estimate of drug-likeness (QED) is 0.739. The van der Waals surface area contributed by atoms with E-state index in [0.717, 1.165) is 25.8 Å². The lowest BCUT2D eigenvalue weighted by Gasteiger charge is -2.31. The summed E-state index contributed by atoms with van der Waals surface area (Å²) < 4.78 is 0. The fraction of sp³-hybridized carbons (Fsp3) is 0.667. The largest absolute Gasteiger partial charge is 0.349 e. The highest BCUT2D eigenvalue weighted by Gasteiger charge is 2.27. The summed E-state index contributed by atoms with van der Waals surface area (Å²) in [6, 6.07) is 0. The lowest BCUT2D eigenvalue weighted by molar-refractivity contribution is -0.122. The van der Waals surface area contributed by atoms with E-state index in [-0.39, 0.29) is 48.6 Å². The van der Waals surface area contributed by atoms with Gasteiger partial charge in [0, 0.05) is 24.9 Å². The number of aromatic nitrogens is 1. The maximum atomic E-state index is 12.2. The highest BCUT2D eigenvalue weighted by molar-refractivity contribution is 7.14. The predicted octanol–water partition coefficient (Wildman–Crippen LogP) is 2.29. The zero-order valence-electron chi connectivity index (χ0n) is 14.0. The molecule has 138 valence electrons. The van der Waals surface area contributed by atoms with Crippen LogP contribution < -0.4 is 16.0 Å². The summed E-state index contributed by atoms with van der Waals surface area (Å²) in [7, 11) is 0. The number of nitrogens with two attached hydrogens (primary N) is 1. The minimum Gasteiger partial charge on any atom is -0.349 e. The summed E-state index contributed by atoms with van der Waals surface area (Å²) in [6.45, 7) is 5.20. The van der Waals surface area contributed by atoms with E-state index in [1.165, 1.54) is 11.3 Å². The zero-order chi connectivity index (χ0) is 16.2. The average molecular weight is 397 g/mol. The standard InChI is InChI=1S/C15H24N4O2S.2ClH/c1-3-15(4-2,10-16)18-12(20)8-11-9-22-14(17-11)19-7-5-6-13(19)21;;/h9H,3-8,10,16H2,1-2H3,(H,18,20);2*1H. The van der Waals surface area contributed by atoms with Gasteiger partial charge in [0.15, 0.2) is 5.13 Å². The Morgan fingerprint density at radius 3 is 2.58 bits per heavy atom. The Hall–Kier alpha value is -0.890. The number of carbonyl (C=O) groups is 2. The van der Waals surface area contributed by atoms with E-state index in [1.807, 2.05) is 19.2 Å². The molecule has 1 fully saturated rings. The molecule has 0 saturated carbocycles. The second-order valence-corrected chi connectivity index (χ2v) is 6.52. The third-order valence-electron chi connectivity index (χ3n) is 4.33. The van der Waals surface area contributed by atoms with E-state index in [4.69, 9.17) is 5.73 Å². The zero-order valence-corrected chi connectivity index (χ0v) is 16.5. The van der Waals surface area contributed by atoms with E-state index in [2.05, 4.69) is 10.3 Å². The van der Waals surface area contributed by atoms with Crippen molar-refractivity contribution in [1.82, 2.24) is 10.3 Å². The highest BCUT2D eigenvalue weighted by Crippen LogP contribution is 2.25. The number of nitrogens with zero attached hydrogens (tertiary/aromatic N) is 2. The molecular formula is C15H26Cl2N4O2S. The van der Waals surface area contributed by atoms with Crippen LogP contribution in [0.25, 0.3) is 0 Å². The minimum atomic E-state index is -0.332. The molecule has 1 aromatic heterocycles. The van der Waals surface area contributed by atoms with Crippen LogP contribution in [0.5, 0.6) is 0 Å². The summed E-state index contributed by atoms with van der Waals surface area (Å²) in [6.07, 6.45) is 3.29. The molecule has 2 rings (SSSR count). The molecule has 0 aromatic carbocycles. The summed E-state index contributed by atoms with van der Waals surface area (Å²) in [4.78, 5) is 30.1. The summed E-state index contributed by atoms with van der Waals surface area (Å²) in [5.74, 6) is 0.0446. The number of hydrogen-bond donors (Lipinski definition) is 2. The molecule has 24 heavy (non-hydrogen) atoms. The second kappa shape index (κ2) is 10.2. The first-order valence-electron chi connectivity index (χ1n) is 7.79. The molecule has 0 unspecified atom stereocenters. The highest BCUT2D eigenvalue weighted by atomic mass is 35.5. The second-order valence-electron chi connectivity index (χ2n) is 5.69. The van der Waals surface area contributed by atoms with Gasteiger partial charge in [0.2, 0.25) is 11.8 Å². The summed E-state index contributed by atoms with van der Waals surface area (Å²) >= 11 is 1.42. The lowest BCUT2D eigenvalue weighted by atomic mass is 9.92. The van der Waals surface area contributed by atoms with Crippen LogP contribution in [0.1, 0.15) is 45.2 Å². The SMILES string of the molecule is CCC(CC)(CN)NC(=O)Cc1csc(N2CCCC2=O)n1.Cl.Cl. The van der Waals surface area contributed by atoms with Crippen molar-refractivity contribution in [3.8, 4) is 0 Å². The Morgan fingerprint density at radius 1 is 1.42 bits per heavy atom. The molecule has 9 heteroatoms. The smallest absolute Gasteiger partial charge is 0.228 e. The molecule has 0 atom stereocenters. The first-order valence-corrected chi connectivity index (χ1v) is 8.67. The van der Waals surface area contributed by atoms with E-state index in [1.54, 1.807) is 4.90 Å². The monoisotopic (exact) mass is 396 g/mol. The Balaban J connectivity index is 0.00000264. The topological polar surface area (TPSA) is 88.3 Å². The number of anilines is 1. The van der Waals surface area contributed by atoms with Crippen LogP contribution in [0, 0.1) is 0 Å². The first kappa shape index (κ1) is 23.1. The van der Waals surface area contributed by atoms with Gasteiger partial charge in [0.05, 0.1) is 17.7 Å². The maximum absolute atomic E-state index is 12.2. The number of carbonyl (C=O) groups excluding carboxylic acids is 2. The average Bonchev–Trinajstić information content (AvgIpc) is 3.13. The molecular weight excluding hydrogens is 371 g/mol. The van der Waals surface area contributed by atoms with Crippen LogP contribution in [-0.2, 0) is 16.0 Å². The third kappa shape index (κ3) is 5.31. The Morgan fingerprint density at radius 2 is 2.08 bits per heavy atom. The van der Waals surface area contributed by atoms with Crippen LogP contribution in [0.2, 0.25) is 0 Å². The van der Waals surface area contributed by atoms with E-state index in [0.29, 0.717) is 23.8 Å². The molecule has 1 aliphatic rings. The van der Waals surface area contributed by atoms with Gasteiger partial charge in [-0.25, -0.2) is 4.98 Å². The predicted molar refractivity (Wildman–Crippen MR) is 102 cm³/mol. The Bertz CT molecular complexity index is 541. The molecule has 0 bridgehead atoms. The van der Waals surface area contributed by atoms with Crippen molar-refractivity contribution >= 4 is 53.1 Å². The van der Waals surface area contributed by atoms with Crippen LogP contribution >= 0.6 is 36.2 Å². The molecule has 6 nitrogen and oxygen atoms in total. The van der Waals surface area contributed by atoms with Gasteiger partial charge >= 0.3 is 0 Å². The molecule has 1 aromatic rings. The number of hydrogen-bond acceptors (Lipinski definition) is 5. The molecule has 0 aliphatic carbocycles. The van der Waals surface area contributed by atoms with Gasteiger partial charge in [-0.1, -0.05) is 13.8 Å². The number of rotatable bonds is 7. The molecule has 2 heterocycles. The van der Waals surface area contributed by atoms with Gasteiger partial charge in [-0.05, 0) is 19.3 Å². The maximum Gasteiger partial charge on any atom is 0.228 e. The number of amides is 2. The van der Waals surface area contributed by atoms with Gasteiger partial charge in [-0.3, -0.25) is 14.5 Å². The molecule has 0 radical (unpaired) electrons. The molecule has 1 aliphatic heterocycles. The molecule has 1 saturated heterocycles. The Kier molecular flexibility index (Phi) is 9.80. The van der Waals surface area contributed by atoms with E-state index >= 15 is 0 Å². The Labute approximate surface area is 159 Å². The van der Waals surface area contributed by atoms with Gasteiger partial charge in [-0.2, -0.15) is 0 Å². The van der Waals surface area contributed by atoms with Crippen LogP contribution in [-0.4, -0.2) is 35.4 Å². The van der Waals surface area contributed by atoms with E-state index in [9.17, 15) is 9.59 Å². The third-order valence-corrected chi connectivity index (χ3v) is 5.25. The van der Waals surface area contributed by atoms with Crippen LogP contribution in [0.15, 0.2) is 5.38 Å². The van der Waals surface area contributed by atoms with Crippen molar-refractivity contribution in [3.05, 3.63) is 11.1 Å². The number of halogens is 2. The van der Waals surface area contributed by atoms with Crippen molar-refractivity contribution in [2.45, 2.75) is 51.5 Å². The summed E-state index contributed by atoms with van der Waals surface area (Å²) in [5, 5.41) is 5.58. The van der Waals surface area contributed by atoms with Crippen LogP contribution in [0.4, 0.5) is 5.13 Å². The fourth-order valence-corrected chi connectivity index (χ4v) is 3.49. The minimum absolute atomic E-state index is 0. The normalized spacial score (nSPS) is 14.1. The van der Waals surface area contributed by atoms with E-state index < -0.39 is 0 Å². The van der Waals surface area contributed by atoms with Gasteiger partial charge in [0.1, 0.15) is 0 Å². The molecule has 2 amide bonds.